The van der Waals surface area contributed by atoms with E-state index in [1.807, 2.05) is 0 Å². The van der Waals surface area contributed by atoms with Crippen molar-refractivity contribution < 1.29 is 23.4 Å². The van der Waals surface area contributed by atoms with E-state index in [1.54, 1.807) is 13.0 Å². The van der Waals surface area contributed by atoms with Crippen molar-refractivity contribution >= 4 is 11.7 Å². The number of hydrogen-bond donors (Lipinski definition) is 1. The maximum Gasteiger partial charge on any atom is 0.303 e. The summed E-state index contributed by atoms with van der Waals surface area (Å²) in [6.07, 6.45) is 3.44. The zero-order valence-corrected chi connectivity index (χ0v) is 15.9. The van der Waals surface area contributed by atoms with Gasteiger partial charge in [0.1, 0.15) is 23.4 Å². The third-order valence-electron chi connectivity index (χ3n) is 4.71. The zero-order chi connectivity index (χ0) is 20.3. The highest BCUT2D eigenvalue weighted by Gasteiger charge is 2.21. The fourth-order valence-corrected chi connectivity index (χ4v) is 3.03. The Bertz CT molecular complexity index is 849. The molecule has 1 aliphatic carbocycles. The first-order chi connectivity index (χ1) is 13.3. The molecule has 0 aliphatic heterocycles. The number of aryl methyl sites for hydroxylation is 1. The van der Waals surface area contributed by atoms with Crippen LogP contribution >= 0.6 is 0 Å². The van der Waals surface area contributed by atoms with Gasteiger partial charge in [0, 0.05) is 37.3 Å². The van der Waals surface area contributed by atoms with Crippen molar-refractivity contribution in [2.45, 2.75) is 45.1 Å². The summed E-state index contributed by atoms with van der Waals surface area (Å²) in [5.74, 6) is -1.84. The average molecular weight is 391 g/mol. The van der Waals surface area contributed by atoms with E-state index in [9.17, 15) is 13.6 Å². The number of aliphatic carboxylic acids is 1. The third kappa shape index (κ3) is 4.74. The maximum atomic E-state index is 14.6. The largest absolute Gasteiger partial charge is 0.481 e. The average Bonchev–Trinajstić information content (AvgIpc) is 2.56. The molecule has 1 N–H and O–H groups in total. The Kier molecular flexibility index (Phi) is 6.06. The molecule has 0 unspecified atom stereocenters. The predicted molar refractivity (Wildman–Crippen MR) is 101 cm³/mol. The van der Waals surface area contributed by atoms with Crippen LogP contribution in [0, 0.1) is 18.6 Å². The standard InChI is InChI=1S/C20H23F2N3O3/c1-12-9-17(28-14-5-3-6-14)24-20(23-12)13-10-15(21)19(16(22)11-13)25(2)8-4-7-18(26)27/h9-11,14H,3-8H2,1-2H3,(H,26,27). The molecule has 1 aliphatic rings. The van der Waals surface area contributed by atoms with Crippen LogP contribution in [0.3, 0.4) is 0 Å². The summed E-state index contributed by atoms with van der Waals surface area (Å²) in [5, 5.41) is 8.70. The molecular weight excluding hydrogens is 368 g/mol. The predicted octanol–water partition coefficient (Wildman–Crippen LogP) is 3.96. The Morgan fingerprint density at radius 3 is 2.50 bits per heavy atom. The van der Waals surface area contributed by atoms with Crippen molar-refractivity contribution in [1.29, 1.82) is 0 Å². The summed E-state index contributed by atoms with van der Waals surface area (Å²) in [6.45, 7) is 2.00. The highest BCUT2D eigenvalue weighted by Crippen LogP contribution is 2.30. The summed E-state index contributed by atoms with van der Waals surface area (Å²) >= 11 is 0. The van der Waals surface area contributed by atoms with Crippen molar-refractivity contribution in [2.75, 3.05) is 18.5 Å². The van der Waals surface area contributed by atoms with E-state index < -0.39 is 17.6 Å². The number of nitrogens with zero attached hydrogens (tertiary/aromatic N) is 3. The molecule has 1 fully saturated rings. The van der Waals surface area contributed by atoms with Crippen molar-refractivity contribution in [3.63, 3.8) is 0 Å². The van der Waals surface area contributed by atoms with E-state index in [-0.39, 0.29) is 42.6 Å². The molecule has 6 nitrogen and oxygen atoms in total. The number of carboxylic acid groups (broad SMARTS) is 1. The van der Waals surface area contributed by atoms with E-state index in [4.69, 9.17) is 9.84 Å². The molecule has 0 radical (unpaired) electrons. The second kappa shape index (κ2) is 8.50. The van der Waals surface area contributed by atoms with Gasteiger partial charge in [-0.1, -0.05) is 0 Å². The smallest absolute Gasteiger partial charge is 0.303 e. The zero-order valence-electron chi connectivity index (χ0n) is 15.9. The lowest BCUT2D eigenvalue weighted by Gasteiger charge is -2.26. The number of ether oxygens (including phenoxy) is 1. The number of carboxylic acids is 1. The SMILES string of the molecule is Cc1cc(OC2CCC2)nc(-c2cc(F)c(N(C)CCCC(=O)O)c(F)c2)n1. The Morgan fingerprint density at radius 1 is 1.25 bits per heavy atom. The van der Waals surface area contributed by atoms with E-state index in [0.29, 0.717) is 11.6 Å². The molecule has 8 heteroatoms. The third-order valence-corrected chi connectivity index (χ3v) is 4.71. The van der Waals surface area contributed by atoms with Crippen LogP contribution in [0.25, 0.3) is 11.4 Å². The number of halogens is 2. The number of carbonyl (C=O) groups is 1. The number of anilines is 1. The Morgan fingerprint density at radius 2 is 1.93 bits per heavy atom. The molecule has 28 heavy (non-hydrogen) atoms. The van der Waals surface area contributed by atoms with Gasteiger partial charge in [0.2, 0.25) is 5.88 Å². The van der Waals surface area contributed by atoms with Gasteiger partial charge in [-0.05, 0) is 44.7 Å². The Balaban J connectivity index is 1.82. The quantitative estimate of drug-likeness (QED) is 0.734. The maximum absolute atomic E-state index is 14.6. The van der Waals surface area contributed by atoms with Crippen LogP contribution < -0.4 is 9.64 Å². The van der Waals surface area contributed by atoms with Gasteiger partial charge in [-0.2, -0.15) is 4.98 Å². The van der Waals surface area contributed by atoms with Crippen LogP contribution in [0.15, 0.2) is 18.2 Å². The summed E-state index contributed by atoms with van der Waals surface area (Å²) in [4.78, 5) is 20.6. The molecule has 1 aromatic heterocycles. The molecule has 2 aromatic rings. The van der Waals surface area contributed by atoms with Crippen LogP contribution in [0.5, 0.6) is 5.88 Å². The molecule has 1 saturated carbocycles. The summed E-state index contributed by atoms with van der Waals surface area (Å²) in [5.41, 5.74) is 0.669. The fourth-order valence-electron chi connectivity index (χ4n) is 3.03. The number of hydrogen-bond acceptors (Lipinski definition) is 5. The Hall–Kier alpha value is -2.77. The molecule has 0 amide bonds. The van der Waals surface area contributed by atoms with Gasteiger partial charge in [0.05, 0.1) is 0 Å². The molecule has 0 atom stereocenters. The van der Waals surface area contributed by atoms with Crippen molar-refractivity contribution in [1.82, 2.24) is 9.97 Å². The molecule has 0 spiro atoms. The summed E-state index contributed by atoms with van der Waals surface area (Å²) in [6, 6.07) is 4.08. The first-order valence-corrected chi connectivity index (χ1v) is 9.28. The summed E-state index contributed by atoms with van der Waals surface area (Å²) < 4.78 is 35.0. The minimum atomic E-state index is -0.943. The number of rotatable bonds is 8. The lowest BCUT2D eigenvalue weighted by molar-refractivity contribution is -0.137. The van der Waals surface area contributed by atoms with Crippen LogP contribution in [-0.2, 0) is 4.79 Å². The molecule has 0 saturated heterocycles. The van der Waals surface area contributed by atoms with Gasteiger partial charge >= 0.3 is 5.97 Å². The van der Waals surface area contributed by atoms with Gasteiger partial charge < -0.3 is 14.7 Å². The highest BCUT2D eigenvalue weighted by atomic mass is 19.1. The van der Waals surface area contributed by atoms with E-state index in [2.05, 4.69) is 9.97 Å². The molecular formula is C20H23F2N3O3. The normalized spacial score (nSPS) is 13.9. The molecule has 150 valence electrons. The van der Waals surface area contributed by atoms with Crippen molar-refractivity contribution in [2.24, 2.45) is 0 Å². The second-order valence-corrected chi connectivity index (χ2v) is 7.05. The highest BCUT2D eigenvalue weighted by molar-refractivity contribution is 5.67. The van der Waals surface area contributed by atoms with E-state index >= 15 is 0 Å². The first kappa shape index (κ1) is 20.0. The minimum absolute atomic E-state index is 0.0629. The van der Waals surface area contributed by atoms with Crippen LogP contribution in [-0.4, -0.2) is 40.7 Å². The minimum Gasteiger partial charge on any atom is -0.481 e. The molecule has 1 heterocycles. The van der Waals surface area contributed by atoms with E-state index in [0.717, 1.165) is 19.3 Å². The Labute approximate surface area is 162 Å². The van der Waals surface area contributed by atoms with Crippen molar-refractivity contribution in [3.8, 4) is 17.3 Å². The van der Waals surface area contributed by atoms with Gasteiger partial charge in [0.15, 0.2) is 5.82 Å². The topological polar surface area (TPSA) is 75.5 Å². The monoisotopic (exact) mass is 391 g/mol. The molecule has 0 bridgehead atoms. The van der Waals surface area contributed by atoms with Gasteiger partial charge in [0.25, 0.3) is 0 Å². The van der Waals surface area contributed by atoms with E-state index in [1.165, 1.54) is 24.1 Å². The lowest BCUT2D eigenvalue weighted by Crippen LogP contribution is -2.25. The molecule has 1 aromatic carbocycles. The van der Waals surface area contributed by atoms with Crippen LogP contribution in [0.2, 0.25) is 0 Å². The first-order valence-electron chi connectivity index (χ1n) is 9.28. The van der Waals surface area contributed by atoms with Crippen LogP contribution in [0.1, 0.15) is 37.8 Å². The number of aromatic nitrogens is 2. The lowest BCUT2D eigenvalue weighted by atomic mass is 9.96. The summed E-state index contributed by atoms with van der Waals surface area (Å²) in [7, 11) is 1.52. The van der Waals surface area contributed by atoms with Gasteiger partial charge in [-0.15, -0.1) is 0 Å². The van der Waals surface area contributed by atoms with Crippen molar-refractivity contribution in [3.05, 3.63) is 35.5 Å². The molecule has 3 rings (SSSR count). The fraction of sp³-hybridized carbons (Fsp3) is 0.450. The van der Waals surface area contributed by atoms with Gasteiger partial charge in [-0.25, -0.2) is 13.8 Å². The number of benzene rings is 1. The second-order valence-electron chi connectivity index (χ2n) is 7.05. The van der Waals surface area contributed by atoms with Gasteiger partial charge in [-0.3, -0.25) is 4.79 Å². The van der Waals surface area contributed by atoms with Crippen LogP contribution in [0.4, 0.5) is 14.5 Å².